The maximum Gasteiger partial charge on any atom is 0.335 e. The second-order valence-electron chi connectivity index (χ2n) is 15.0. The van der Waals surface area contributed by atoms with Crippen LogP contribution in [0.4, 0.5) is 11.4 Å². The SMILES string of the molecule is CC1(CS(=O)(=O)O)C(/C=C/C=C2/N(CCCS(=O)(=O)O)c3ccc4c(S(=O)(=O)O)cc(S(=O)(=O)O)cc4c3C2(C)CS(=O)(=O)O)=[N+](CCCS(=O)(=O)O)c2ccc(C(=O)O)cc21. The molecule has 0 saturated carbocycles. The van der Waals surface area contributed by atoms with Crippen LogP contribution in [0.1, 0.15) is 48.2 Å². The van der Waals surface area contributed by atoms with Gasteiger partial charge in [-0.2, -0.15) is 55.1 Å². The number of benzene rings is 3. The van der Waals surface area contributed by atoms with E-state index in [2.05, 4.69) is 0 Å². The van der Waals surface area contributed by atoms with Gasteiger partial charge in [0.05, 0.1) is 44.3 Å². The third kappa shape index (κ3) is 10.6. The third-order valence-electron chi connectivity index (χ3n) is 10.3. The van der Waals surface area contributed by atoms with Gasteiger partial charge in [0, 0.05) is 47.4 Å². The first-order chi connectivity index (χ1) is 28.1. The molecule has 0 radical (unpaired) electrons. The molecule has 2 aliphatic rings. The van der Waals surface area contributed by atoms with Crippen LogP contribution >= 0.6 is 0 Å². The topological polar surface area (TPSA) is 370 Å². The van der Waals surface area contributed by atoms with Gasteiger partial charge in [-0.1, -0.05) is 12.1 Å². The fourth-order valence-corrected chi connectivity index (χ4v) is 12.5. The van der Waals surface area contributed by atoms with Crippen molar-refractivity contribution in [3.8, 4) is 0 Å². The molecule has 2 atom stereocenters. The quantitative estimate of drug-likeness (QED) is 0.0750. The van der Waals surface area contributed by atoms with Crippen molar-refractivity contribution in [1.82, 2.24) is 0 Å². The van der Waals surface area contributed by atoms with E-state index in [-0.39, 0.29) is 70.8 Å². The number of anilines is 1. The maximum atomic E-state index is 12.8. The van der Waals surface area contributed by atoms with Crippen LogP contribution in [0.5, 0.6) is 0 Å². The fourth-order valence-electron chi connectivity index (χ4n) is 8.10. The molecular formula is C34H39N2O20S6+. The Morgan fingerprint density at radius 3 is 1.81 bits per heavy atom. The predicted molar refractivity (Wildman–Crippen MR) is 221 cm³/mol. The summed E-state index contributed by atoms with van der Waals surface area (Å²) in [6.45, 7) is 1.89. The third-order valence-corrected chi connectivity index (χ3v) is 15.5. The average molecular weight is 988 g/mol. The van der Waals surface area contributed by atoms with E-state index in [4.69, 9.17) is 0 Å². The van der Waals surface area contributed by atoms with Crippen molar-refractivity contribution in [3.05, 3.63) is 83.1 Å². The van der Waals surface area contributed by atoms with E-state index in [0.29, 0.717) is 6.07 Å². The predicted octanol–water partition coefficient (Wildman–Crippen LogP) is 1.94. The van der Waals surface area contributed by atoms with Crippen LogP contribution in [0.15, 0.2) is 76.2 Å². The van der Waals surface area contributed by atoms with Crippen molar-refractivity contribution in [2.45, 2.75) is 47.3 Å². The zero-order chi connectivity index (χ0) is 46.8. The molecule has 7 N–H and O–H groups in total. The lowest BCUT2D eigenvalue weighted by Crippen LogP contribution is -2.38. The molecule has 0 bridgehead atoms. The molecule has 5 rings (SSSR count). The minimum absolute atomic E-state index is 0.0224. The molecule has 0 fully saturated rings. The summed E-state index contributed by atoms with van der Waals surface area (Å²) in [7, 11) is -29.7. The summed E-state index contributed by atoms with van der Waals surface area (Å²) in [6.07, 6.45) is 2.97. The van der Waals surface area contributed by atoms with Crippen LogP contribution in [0, 0.1) is 0 Å². The molecule has 0 amide bonds. The molecule has 2 unspecified atom stereocenters. The van der Waals surface area contributed by atoms with Gasteiger partial charge in [-0.3, -0.25) is 27.3 Å². The summed E-state index contributed by atoms with van der Waals surface area (Å²) >= 11 is 0. The Bertz CT molecular complexity index is 3200. The van der Waals surface area contributed by atoms with Gasteiger partial charge in [0.2, 0.25) is 5.69 Å². The lowest BCUT2D eigenvalue weighted by Gasteiger charge is -2.29. The molecule has 0 saturated heterocycles. The number of aromatic carboxylic acids is 1. The van der Waals surface area contributed by atoms with Crippen molar-refractivity contribution >= 4 is 94.5 Å². The summed E-state index contributed by atoms with van der Waals surface area (Å²) in [5.74, 6) is -5.38. The standard InChI is InChI=1S/C34H38N2O20S6/c1-33(19-59(45,46)47)25-16-21(32(37)38)8-10-26(25)35(12-4-14-57(39,40)41)29(33)6-3-7-30-34(2,20-60(48,49)50)31-24-17-22(61(51,52)53)18-28(62(54,55)56)23(24)9-11-27(31)36(30)13-5-15-58(42,43)44/h3,6-11,16-18H,4-5,12-15,19-20H2,1-2H3,(H6-,37,38,39,40,41,42,43,44,45,46,47,48,49,50,51,52,53,54,55,56)/p+1. The van der Waals surface area contributed by atoms with Crippen molar-refractivity contribution < 1.29 is 92.3 Å². The second kappa shape index (κ2) is 16.4. The number of carboxylic acids is 1. The summed E-state index contributed by atoms with van der Waals surface area (Å²) < 4.78 is 208. The Kier molecular flexibility index (Phi) is 12.9. The van der Waals surface area contributed by atoms with Gasteiger partial charge in [0.25, 0.3) is 60.7 Å². The van der Waals surface area contributed by atoms with Gasteiger partial charge in [0.15, 0.2) is 5.71 Å². The van der Waals surface area contributed by atoms with Gasteiger partial charge in [-0.15, -0.1) is 0 Å². The van der Waals surface area contributed by atoms with Crippen molar-refractivity contribution in [3.63, 3.8) is 0 Å². The highest BCUT2D eigenvalue weighted by Crippen LogP contribution is 2.53. The summed E-state index contributed by atoms with van der Waals surface area (Å²) in [5, 5.41) is 8.98. The number of fused-ring (bicyclic) bond motifs is 4. The molecule has 2 heterocycles. The molecule has 3 aromatic carbocycles. The highest BCUT2D eigenvalue weighted by atomic mass is 32.2. The van der Waals surface area contributed by atoms with E-state index in [1.807, 2.05) is 0 Å². The monoisotopic (exact) mass is 987 g/mol. The van der Waals surface area contributed by atoms with E-state index in [1.165, 1.54) is 59.8 Å². The minimum atomic E-state index is -5.28. The first kappa shape index (κ1) is 48.8. The molecule has 0 spiro atoms. The number of hydrogen-bond acceptors (Lipinski definition) is 14. The van der Waals surface area contributed by atoms with Crippen LogP contribution in [-0.2, 0) is 71.5 Å². The molecule has 28 heteroatoms. The Morgan fingerprint density at radius 1 is 0.694 bits per heavy atom. The van der Waals surface area contributed by atoms with Crippen LogP contribution in [0.25, 0.3) is 10.8 Å². The number of rotatable bonds is 17. The molecule has 3 aromatic rings. The van der Waals surface area contributed by atoms with Crippen LogP contribution < -0.4 is 4.90 Å². The first-order valence-corrected chi connectivity index (χ1v) is 26.9. The molecule has 2 aliphatic heterocycles. The lowest BCUT2D eigenvalue weighted by atomic mass is 9.80. The van der Waals surface area contributed by atoms with Crippen LogP contribution in [0.3, 0.4) is 0 Å². The summed E-state index contributed by atoms with van der Waals surface area (Å²) in [6, 6.07) is 7.13. The molecular weight excluding hydrogens is 949 g/mol. The lowest BCUT2D eigenvalue weighted by molar-refractivity contribution is -0.437. The van der Waals surface area contributed by atoms with Crippen molar-refractivity contribution in [2.75, 3.05) is 41.0 Å². The Hall–Kier alpha value is -4.20. The number of allylic oxidation sites excluding steroid dienone is 4. The van der Waals surface area contributed by atoms with E-state index in [9.17, 15) is 87.7 Å². The largest absolute Gasteiger partial charge is 0.478 e. The molecule has 0 aliphatic carbocycles. The zero-order valence-electron chi connectivity index (χ0n) is 32.2. The number of nitrogens with zero attached hydrogens (tertiary/aromatic N) is 2. The van der Waals surface area contributed by atoms with Crippen LogP contribution in [-0.4, -0.2) is 135 Å². The number of carboxylic acid groups (broad SMARTS) is 1. The van der Waals surface area contributed by atoms with E-state index in [0.717, 1.165) is 18.2 Å². The Morgan fingerprint density at radius 2 is 1.27 bits per heavy atom. The van der Waals surface area contributed by atoms with Gasteiger partial charge in [0.1, 0.15) is 11.4 Å². The number of carbonyl (C=O) groups is 1. The van der Waals surface area contributed by atoms with Gasteiger partial charge in [-0.25, -0.2) is 4.79 Å². The molecule has 22 nitrogen and oxygen atoms in total. The highest BCUT2D eigenvalue weighted by Gasteiger charge is 2.51. The van der Waals surface area contributed by atoms with Crippen molar-refractivity contribution in [1.29, 1.82) is 0 Å². The first-order valence-electron chi connectivity index (χ1n) is 17.6. The molecule has 340 valence electrons. The van der Waals surface area contributed by atoms with E-state index >= 15 is 0 Å². The van der Waals surface area contributed by atoms with Gasteiger partial charge < -0.3 is 10.0 Å². The zero-order valence-corrected chi connectivity index (χ0v) is 37.1. The van der Waals surface area contributed by atoms with E-state index in [1.54, 1.807) is 0 Å². The smallest absolute Gasteiger partial charge is 0.335 e. The Balaban J connectivity index is 1.86. The summed E-state index contributed by atoms with van der Waals surface area (Å²) in [5.41, 5.74) is -4.44. The fraction of sp³-hybridized carbons (Fsp3) is 0.353. The minimum Gasteiger partial charge on any atom is -0.478 e. The average Bonchev–Trinajstić information content (AvgIpc) is 3.43. The normalized spacial score (nSPS) is 20.7. The molecule has 62 heavy (non-hydrogen) atoms. The maximum absolute atomic E-state index is 12.8. The highest BCUT2D eigenvalue weighted by molar-refractivity contribution is 7.87. The van der Waals surface area contributed by atoms with Crippen molar-refractivity contribution in [2.24, 2.45) is 0 Å². The summed E-state index contributed by atoms with van der Waals surface area (Å²) in [4.78, 5) is 11.2. The van der Waals surface area contributed by atoms with E-state index < -0.39 is 116 Å². The van der Waals surface area contributed by atoms with Gasteiger partial charge in [-0.05, 0) is 67.6 Å². The Labute approximate surface area is 356 Å². The second-order valence-corrected chi connectivity index (χ2v) is 23.8. The van der Waals surface area contributed by atoms with Gasteiger partial charge >= 0.3 is 5.97 Å². The van der Waals surface area contributed by atoms with Crippen LogP contribution in [0.2, 0.25) is 0 Å². The number of hydrogen-bond donors (Lipinski definition) is 7. The molecule has 0 aromatic heterocycles.